The van der Waals surface area contributed by atoms with Gasteiger partial charge in [0.2, 0.25) is 21.7 Å². The molecule has 0 radical (unpaired) electrons. The molecule has 3 aromatic rings. The molecule has 1 aliphatic heterocycles. The van der Waals surface area contributed by atoms with Crippen molar-refractivity contribution in [3.8, 4) is 11.4 Å². The molecule has 3 heterocycles. The second kappa shape index (κ2) is 5.97. The van der Waals surface area contributed by atoms with Gasteiger partial charge in [-0.05, 0) is 23.6 Å². The topological polar surface area (TPSA) is 76.3 Å². The fourth-order valence-electron chi connectivity index (χ4n) is 2.53. The maximum absolute atomic E-state index is 13.3. The minimum atomic E-state index is -3.96. The molecule has 6 nitrogen and oxygen atoms in total. The normalized spacial score (nSPS) is 16.1. The van der Waals surface area contributed by atoms with Crippen molar-refractivity contribution in [1.29, 1.82) is 0 Å². The van der Waals surface area contributed by atoms with E-state index in [-0.39, 0.29) is 19.0 Å². The summed E-state index contributed by atoms with van der Waals surface area (Å²) in [5.41, 5.74) is 0.832. The number of nitrogens with zero attached hydrogens (tertiary/aromatic N) is 3. The van der Waals surface area contributed by atoms with Crippen LogP contribution in [0.1, 0.15) is 11.8 Å². The molecule has 2 aromatic heterocycles. The van der Waals surface area contributed by atoms with Gasteiger partial charge in [0.25, 0.3) is 0 Å². The molecule has 0 spiro atoms. The predicted octanol–water partition coefficient (Wildman–Crippen LogP) is 2.86. The van der Waals surface area contributed by atoms with Gasteiger partial charge in [0, 0.05) is 30.1 Å². The van der Waals surface area contributed by atoms with Gasteiger partial charge in [-0.3, -0.25) is 0 Å². The number of benzene rings is 1. The van der Waals surface area contributed by atoms with Gasteiger partial charge in [-0.1, -0.05) is 5.16 Å². The smallest absolute Gasteiger partial charge is 0.243 e. The number of halogens is 2. The van der Waals surface area contributed by atoms with Crippen LogP contribution in [0.5, 0.6) is 0 Å². The highest BCUT2D eigenvalue weighted by Crippen LogP contribution is 2.32. The molecule has 0 saturated carbocycles. The van der Waals surface area contributed by atoms with Crippen LogP contribution in [0.15, 0.2) is 44.4 Å². The molecular weight excluding hydrogens is 372 g/mol. The maximum Gasteiger partial charge on any atom is 0.243 e. The van der Waals surface area contributed by atoms with Gasteiger partial charge in [0.1, 0.15) is 11.6 Å². The van der Waals surface area contributed by atoms with E-state index in [2.05, 4.69) is 10.1 Å². The highest BCUT2D eigenvalue weighted by molar-refractivity contribution is 7.89. The number of aromatic nitrogens is 2. The zero-order valence-corrected chi connectivity index (χ0v) is 14.2. The van der Waals surface area contributed by atoms with E-state index in [0.717, 1.165) is 22.0 Å². The van der Waals surface area contributed by atoms with Crippen LogP contribution in [0.2, 0.25) is 0 Å². The molecular formula is C15H11F2N3O3S2. The van der Waals surface area contributed by atoms with E-state index in [9.17, 15) is 17.2 Å². The first kappa shape index (κ1) is 16.3. The highest BCUT2D eigenvalue weighted by atomic mass is 32.2. The Balaban J connectivity index is 1.50. The number of hydrogen-bond acceptors (Lipinski definition) is 6. The second-order valence-corrected chi connectivity index (χ2v) is 8.31. The van der Waals surface area contributed by atoms with Gasteiger partial charge in [0.15, 0.2) is 0 Å². The standard InChI is InChI=1S/C15H11F2N3O3S2/c16-11-3-12(17)5-13(4-11)25(21,22)20-6-10(7-20)15-18-14(19-23-15)9-1-2-24-8-9/h1-5,8,10H,6-7H2. The van der Waals surface area contributed by atoms with Crippen molar-refractivity contribution in [2.75, 3.05) is 13.1 Å². The molecule has 1 fully saturated rings. The molecule has 25 heavy (non-hydrogen) atoms. The van der Waals surface area contributed by atoms with Crippen LogP contribution in [0, 0.1) is 11.6 Å². The Labute approximate surface area is 145 Å². The van der Waals surface area contributed by atoms with E-state index < -0.39 is 26.6 Å². The van der Waals surface area contributed by atoms with Gasteiger partial charge in [-0.15, -0.1) is 0 Å². The largest absolute Gasteiger partial charge is 0.339 e. The molecule has 1 aliphatic rings. The number of sulfonamides is 1. The van der Waals surface area contributed by atoms with Crippen molar-refractivity contribution in [2.45, 2.75) is 10.8 Å². The molecule has 0 unspecified atom stereocenters. The summed E-state index contributed by atoms with van der Waals surface area (Å²) in [4.78, 5) is 3.87. The Morgan fingerprint density at radius 2 is 1.92 bits per heavy atom. The average molecular weight is 383 g/mol. The molecule has 0 atom stereocenters. The molecule has 1 aromatic carbocycles. The lowest BCUT2D eigenvalue weighted by atomic mass is 10.0. The van der Waals surface area contributed by atoms with Gasteiger partial charge in [0.05, 0.1) is 10.8 Å². The van der Waals surface area contributed by atoms with Gasteiger partial charge < -0.3 is 4.52 Å². The van der Waals surface area contributed by atoms with Crippen molar-refractivity contribution in [1.82, 2.24) is 14.4 Å². The average Bonchev–Trinajstić information content (AvgIpc) is 3.15. The quantitative estimate of drug-likeness (QED) is 0.692. The summed E-state index contributed by atoms with van der Waals surface area (Å²) in [5, 5.41) is 7.65. The monoisotopic (exact) mass is 383 g/mol. The molecule has 0 N–H and O–H groups in total. The molecule has 0 bridgehead atoms. The summed E-state index contributed by atoms with van der Waals surface area (Å²) >= 11 is 1.51. The maximum atomic E-state index is 13.3. The fraction of sp³-hybridized carbons (Fsp3) is 0.200. The van der Waals surface area contributed by atoms with Crippen molar-refractivity contribution in [2.24, 2.45) is 0 Å². The van der Waals surface area contributed by atoms with E-state index in [0.29, 0.717) is 17.8 Å². The van der Waals surface area contributed by atoms with Crippen LogP contribution in [0.25, 0.3) is 11.4 Å². The first-order chi connectivity index (χ1) is 11.9. The van der Waals surface area contributed by atoms with Crippen LogP contribution in [0.4, 0.5) is 8.78 Å². The van der Waals surface area contributed by atoms with E-state index in [1.165, 1.54) is 11.3 Å². The summed E-state index contributed by atoms with van der Waals surface area (Å²) in [6.45, 7) is 0.234. The highest BCUT2D eigenvalue weighted by Gasteiger charge is 2.40. The molecule has 1 saturated heterocycles. The number of thiophene rings is 1. The minimum Gasteiger partial charge on any atom is -0.339 e. The zero-order valence-electron chi connectivity index (χ0n) is 12.6. The van der Waals surface area contributed by atoms with Gasteiger partial charge in [-0.2, -0.15) is 20.6 Å². The minimum absolute atomic E-state index is 0.117. The third kappa shape index (κ3) is 2.96. The van der Waals surface area contributed by atoms with E-state index in [4.69, 9.17) is 4.52 Å². The van der Waals surface area contributed by atoms with E-state index in [1.54, 1.807) is 0 Å². The van der Waals surface area contributed by atoms with Crippen LogP contribution < -0.4 is 0 Å². The lowest BCUT2D eigenvalue weighted by Gasteiger charge is -2.35. The van der Waals surface area contributed by atoms with Gasteiger partial charge >= 0.3 is 0 Å². The third-order valence-corrected chi connectivity index (χ3v) is 6.38. The third-order valence-electron chi connectivity index (χ3n) is 3.89. The summed E-state index contributed by atoms with van der Waals surface area (Å²) in [7, 11) is -3.96. The Hall–Kier alpha value is -2.17. The van der Waals surface area contributed by atoms with Crippen LogP contribution in [-0.2, 0) is 10.0 Å². The lowest BCUT2D eigenvalue weighted by molar-refractivity contribution is 0.216. The fourth-order valence-corrected chi connectivity index (χ4v) is 4.73. The van der Waals surface area contributed by atoms with Crippen molar-refractivity contribution < 1.29 is 21.7 Å². The molecule has 130 valence electrons. The van der Waals surface area contributed by atoms with Crippen molar-refractivity contribution in [3.63, 3.8) is 0 Å². The SMILES string of the molecule is O=S(=O)(c1cc(F)cc(F)c1)N1CC(c2nc(-c3ccsc3)no2)C1. The summed E-state index contributed by atoms with van der Waals surface area (Å²) in [6, 6.07) is 4.08. The van der Waals surface area contributed by atoms with Crippen molar-refractivity contribution in [3.05, 3.63) is 52.6 Å². The predicted molar refractivity (Wildman–Crippen MR) is 85.5 cm³/mol. The Morgan fingerprint density at radius 3 is 2.56 bits per heavy atom. The molecule has 0 amide bonds. The first-order valence-corrected chi connectivity index (χ1v) is 9.64. The summed E-state index contributed by atoms with van der Waals surface area (Å²) in [5.74, 6) is -1.32. The van der Waals surface area contributed by atoms with Crippen LogP contribution in [0.3, 0.4) is 0 Å². The van der Waals surface area contributed by atoms with E-state index >= 15 is 0 Å². The van der Waals surface area contributed by atoms with Crippen molar-refractivity contribution >= 4 is 21.4 Å². The van der Waals surface area contributed by atoms with Crippen LogP contribution in [-0.4, -0.2) is 36.0 Å². The molecule has 4 rings (SSSR count). The summed E-state index contributed by atoms with van der Waals surface area (Å²) in [6.07, 6.45) is 0. The Kier molecular flexibility index (Phi) is 3.89. The van der Waals surface area contributed by atoms with E-state index in [1.807, 2.05) is 16.8 Å². The zero-order chi connectivity index (χ0) is 17.6. The number of hydrogen-bond donors (Lipinski definition) is 0. The lowest BCUT2D eigenvalue weighted by Crippen LogP contribution is -2.48. The second-order valence-electron chi connectivity index (χ2n) is 5.59. The van der Waals surface area contributed by atoms with Gasteiger partial charge in [-0.25, -0.2) is 17.2 Å². The number of rotatable bonds is 4. The Bertz CT molecular complexity index is 992. The molecule has 10 heteroatoms. The molecule has 0 aliphatic carbocycles. The van der Waals surface area contributed by atoms with Crippen LogP contribution >= 0.6 is 11.3 Å². The summed E-state index contributed by atoms with van der Waals surface area (Å²) < 4.78 is 57.7. The first-order valence-electron chi connectivity index (χ1n) is 7.26. The Morgan fingerprint density at radius 1 is 1.20 bits per heavy atom.